The predicted molar refractivity (Wildman–Crippen MR) is 80.8 cm³/mol. The van der Waals surface area contributed by atoms with Crippen LogP contribution in [0.4, 0.5) is 0 Å². The number of ether oxygens (including phenoxy) is 2. The van der Waals surface area contributed by atoms with E-state index in [2.05, 4.69) is 5.32 Å². The molecule has 0 fully saturated rings. The van der Waals surface area contributed by atoms with Crippen molar-refractivity contribution in [2.24, 2.45) is 5.92 Å². The van der Waals surface area contributed by atoms with E-state index in [4.69, 9.17) is 9.47 Å². The minimum absolute atomic E-state index is 0.0821. The molecule has 0 radical (unpaired) electrons. The smallest absolute Gasteiger partial charge is 0.338 e. The molecule has 0 saturated carbocycles. The summed E-state index contributed by atoms with van der Waals surface area (Å²) in [6, 6.07) is -0.598. The minimum atomic E-state index is -0.628. The number of carbonyl (C=O) groups excluding carboxylic acids is 3. The fourth-order valence-corrected chi connectivity index (χ4v) is 2.71. The lowest BCUT2D eigenvalue weighted by atomic mass is 9.78. The van der Waals surface area contributed by atoms with Gasteiger partial charge in [-0.2, -0.15) is 0 Å². The Morgan fingerprint density at radius 2 is 1.73 bits per heavy atom. The molecule has 0 aromatic carbocycles. The molecule has 0 aromatic rings. The number of hydrogen-bond acceptors (Lipinski definition) is 5. The van der Waals surface area contributed by atoms with Crippen molar-refractivity contribution in [3.63, 3.8) is 0 Å². The number of methoxy groups -OCH3 is 2. The Hall–Kier alpha value is -2.11. The van der Waals surface area contributed by atoms with E-state index in [0.717, 1.165) is 5.57 Å². The number of esters is 2. The minimum Gasteiger partial charge on any atom is -0.466 e. The van der Waals surface area contributed by atoms with Gasteiger partial charge in [0.2, 0.25) is 5.91 Å². The topological polar surface area (TPSA) is 81.7 Å². The van der Waals surface area contributed by atoms with Crippen molar-refractivity contribution >= 4 is 17.8 Å². The van der Waals surface area contributed by atoms with Gasteiger partial charge < -0.3 is 14.8 Å². The molecular formula is C16H23NO5. The van der Waals surface area contributed by atoms with E-state index >= 15 is 0 Å². The summed E-state index contributed by atoms with van der Waals surface area (Å²) in [7, 11) is 2.51. The molecule has 6 heteroatoms. The second-order valence-corrected chi connectivity index (χ2v) is 5.07. The summed E-state index contributed by atoms with van der Waals surface area (Å²) < 4.78 is 9.64. The Balaban J connectivity index is 3.55. The van der Waals surface area contributed by atoms with E-state index in [9.17, 15) is 14.4 Å². The summed E-state index contributed by atoms with van der Waals surface area (Å²) in [6.07, 6.45) is 3.22. The number of amides is 1. The van der Waals surface area contributed by atoms with Gasteiger partial charge in [-0.1, -0.05) is 19.9 Å². The zero-order valence-electron chi connectivity index (χ0n) is 13.7. The predicted octanol–water partition coefficient (Wildman–Crippen LogP) is 1.51. The normalized spacial score (nSPS) is 21.0. The zero-order chi connectivity index (χ0) is 16.9. The van der Waals surface area contributed by atoms with Gasteiger partial charge in [0.25, 0.3) is 0 Å². The second-order valence-electron chi connectivity index (χ2n) is 5.07. The molecule has 22 heavy (non-hydrogen) atoms. The summed E-state index contributed by atoms with van der Waals surface area (Å²) in [4.78, 5) is 35.9. The molecule has 2 unspecified atom stereocenters. The number of carbonyl (C=O) groups is 3. The van der Waals surface area contributed by atoms with Gasteiger partial charge >= 0.3 is 11.9 Å². The lowest BCUT2D eigenvalue weighted by Gasteiger charge is -2.32. The van der Waals surface area contributed by atoms with Crippen LogP contribution in [-0.2, 0) is 23.9 Å². The maximum absolute atomic E-state index is 12.2. The first kappa shape index (κ1) is 17.9. The molecule has 0 saturated heterocycles. The molecule has 2 atom stereocenters. The van der Waals surface area contributed by atoms with Crippen LogP contribution in [0.2, 0.25) is 0 Å². The van der Waals surface area contributed by atoms with Crippen molar-refractivity contribution in [1.82, 2.24) is 5.32 Å². The molecule has 122 valence electrons. The average molecular weight is 309 g/mol. The van der Waals surface area contributed by atoms with E-state index in [0.29, 0.717) is 12.8 Å². The van der Waals surface area contributed by atoms with Crippen molar-refractivity contribution < 1.29 is 23.9 Å². The molecular weight excluding hydrogens is 286 g/mol. The molecule has 1 aliphatic carbocycles. The highest BCUT2D eigenvalue weighted by molar-refractivity contribution is 6.05. The zero-order valence-corrected chi connectivity index (χ0v) is 13.7. The highest BCUT2D eigenvalue weighted by Gasteiger charge is 2.38. The van der Waals surface area contributed by atoms with E-state index < -0.39 is 18.0 Å². The lowest BCUT2D eigenvalue weighted by molar-refractivity contribution is -0.139. The van der Waals surface area contributed by atoms with E-state index in [1.54, 1.807) is 0 Å². The Bertz CT molecular complexity index is 533. The molecule has 1 N–H and O–H groups in total. The Kier molecular flexibility index (Phi) is 6.34. The maximum atomic E-state index is 12.2. The van der Waals surface area contributed by atoms with Gasteiger partial charge in [0, 0.05) is 12.8 Å². The first-order chi connectivity index (χ1) is 10.4. The van der Waals surface area contributed by atoms with Crippen LogP contribution in [0.3, 0.4) is 0 Å². The first-order valence-corrected chi connectivity index (χ1v) is 7.30. The monoisotopic (exact) mass is 309 g/mol. The molecule has 0 aliphatic heterocycles. The van der Waals surface area contributed by atoms with Crippen LogP contribution in [0.1, 0.15) is 33.6 Å². The molecule has 1 amide bonds. The number of rotatable bonds is 5. The lowest BCUT2D eigenvalue weighted by Crippen LogP contribution is -2.45. The Morgan fingerprint density at radius 3 is 2.14 bits per heavy atom. The van der Waals surface area contributed by atoms with Crippen molar-refractivity contribution in [2.45, 2.75) is 39.7 Å². The molecule has 0 bridgehead atoms. The van der Waals surface area contributed by atoms with Crippen LogP contribution in [0.25, 0.3) is 0 Å². The third-order valence-corrected chi connectivity index (χ3v) is 3.75. The first-order valence-electron chi connectivity index (χ1n) is 7.30. The Labute approximate surface area is 130 Å². The van der Waals surface area contributed by atoms with Gasteiger partial charge in [-0.3, -0.25) is 4.79 Å². The fourth-order valence-electron chi connectivity index (χ4n) is 2.71. The van der Waals surface area contributed by atoms with Gasteiger partial charge in [-0.15, -0.1) is 0 Å². The van der Waals surface area contributed by atoms with Crippen molar-refractivity contribution in [2.75, 3.05) is 14.2 Å². The van der Waals surface area contributed by atoms with E-state index in [-0.39, 0.29) is 23.0 Å². The van der Waals surface area contributed by atoms with Gasteiger partial charge in [-0.25, -0.2) is 9.59 Å². The third-order valence-electron chi connectivity index (χ3n) is 3.75. The van der Waals surface area contributed by atoms with Crippen LogP contribution in [0.5, 0.6) is 0 Å². The molecule has 1 rings (SSSR count). The molecule has 0 aromatic heterocycles. The summed E-state index contributed by atoms with van der Waals surface area (Å²) in [5.74, 6) is -1.58. The highest BCUT2D eigenvalue weighted by atomic mass is 16.5. The third kappa shape index (κ3) is 3.55. The van der Waals surface area contributed by atoms with Gasteiger partial charge in [0.05, 0.1) is 31.4 Å². The van der Waals surface area contributed by atoms with Crippen LogP contribution < -0.4 is 5.32 Å². The summed E-state index contributed by atoms with van der Waals surface area (Å²) >= 11 is 0. The van der Waals surface area contributed by atoms with Crippen LogP contribution in [0, 0.1) is 5.92 Å². The molecule has 1 aliphatic rings. The Morgan fingerprint density at radius 1 is 1.14 bits per heavy atom. The molecule has 6 nitrogen and oxygen atoms in total. The SMILES string of the molecule is CCC1=CC(CC)C(NC(C)=O)C(C(=O)OC)=C1C(=O)OC. The largest absolute Gasteiger partial charge is 0.466 e. The van der Waals surface area contributed by atoms with E-state index in [1.165, 1.54) is 21.1 Å². The number of nitrogens with one attached hydrogen (secondary N) is 1. The number of hydrogen-bond donors (Lipinski definition) is 1. The standard InChI is InChI=1S/C16H23NO5/c1-6-10-8-11(7-2)14(17-9(3)18)13(16(20)22-5)12(10)15(19)21-4/h8,11,14H,6-7H2,1-5H3,(H,17,18). The summed E-state index contributed by atoms with van der Waals surface area (Å²) in [6.45, 7) is 5.23. The summed E-state index contributed by atoms with van der Waals surface area (Å²) in [5, 5.41) is 2.75. The summed E-state index contributed by atoms with van der Waals surface area (Å²) in [5.41, 5.74) is 1.09. The second kappa shape index (κ2) is 7.77. The van der Waals surface area contributed by atoms with Gasteiger partial charge in [0.1, 0.15) is 0 Å². The van der Waals surface area contributed by atoms with Crippen molar-refractivity contribution in [3.8, 4) is 0 Å². The van der Waals surface area contributed by atoms with Gasteiger partial charge in [-0.05, 0) is 18.4 Å². The van der Waals surface area contributed by atoms with Gasteiger partial charge in [0.15, 0.2) is 0 Å². The molecule has 0 heterocycles. The highest BCUT2D eigenvalue weighted by Crippen LogP contribution is 2.34. The quantitative estimate of drug-likeness (QED) is 0.779. The average Bonchev–Trinajstić information content (AvgIpc) is 2.51. The van der Waals surface area contributed by atoms with Crippen LogP contribution >= 0.6 is 0 Å². The van der Waals surface area contributed by atoms with E-state index in [1.807, 2.05) is 19.9 Å². The molecule has 0 spiro atoms. The van der Waals surface area contributed by atoms with Crippen molar-refractivity contribution in [1.29, 1.82) is 0 Å². The fraction of sp³-hybridized carbons (Fsp3) is 0.562. The van der Waals surface area contributed by atoms with Crippen molar-refractivity contribution in [3.05, 3.63) is 22.8 Å². The maximum Gasteiger partial charge on any atom is 0.338 e. The van der Waals surface area contributed by atoms with Crippen LogP contribution in [0.15, 0.2) is 22.8 Å². The van der Waals surface area contributed by atoms with Crippen LogP contribution in [-0.4, -0.2) is 38.1 Å².